The van der Waals surface area contributed by atoms with Crippen LogP contribution in [0.3, 0.4) is 0 Å². The fourth-order valence-electron chi connectivity index (χ4n) is 0. The Labute approximate surface area is 29.1 Å². The standard InChI is InChI=1S/C3H7P/c1-3(2)4/h1,4H2,2H3. The minimum atomic E-state index is 1.08. The minimum absolute atomic E-state index is 1.08. The predicted octanol–water partition coefficient (Wildman–Crippen LogP) is 1.40. The summed E-state index contributed by atoms with van der Waals surface area (Å²) >= 11 is 0. The molecule has 0 nitrogen and oxygen atoms in total. The molecule has 0 aromatic rings. The maximum absolute atomic E-state index is 3.52. The van der Waals surface area contributed by atoms with Crippen LogP contribution in [0.1, 0.15) is 6.92 Å². The van der Waals surface area contributed by atoms with Gasteiger partial charge in [0, 0.05) is 0 Å². The van der Waals surface area contributed by atoms with Crippen LogP contribution >= 0.6 is 9.24 Å². The molecule has 1 unspecified atom stereocenters. The van der Waals surface area contributed by atoms with E-state index in [4.69, 9.17) is 0 Å². The fraction of sp³-hybridized carbons (Fsp3) is 0.333. The van der Waals surface area contributed by atoms with E-state index in [0.29, 0.717) is 0 Å². The summed E-state index contributed by atoms with van der Waals surface area (Å²) in [4.78, 5) is 0. The highest BCUT2D eigenvalue weighted by molar-refractivity contribution is 7.22. The van der Waals surface area contributed by atoms with Crippen LogP contribution in [0.25, 0.3) is 0 Å². The molecule has 0 spiro atoms. The number of hydrogen-bond donors (Lipinski definition) is 0. The van der Waals surface area contributed by atoms with E-state index in [0.717, 1.165) is 5.31 Å². The summed E-state index contributed by atoms with van der Waals surface area (Å²) in [6, 6.07) is 0. The van der Waals surface area contributed by atoms with Crippen LogP contribution in [0.15, 0.2) is 11.9 Å². The van der Waals surface area contributed by atoms with E-state index in [1.165, 1.54) is 0 Å². The van der Waals surface area contributed by atoms with E-state index in [1.54, 1.807) is 0 Å². The van der Waals surface area contributed by atoms with Crippen molar-refractivity contribution in [1.29, 1.82) is 0 Å². The van der Waals surface area contributed by atoms with Crippen molar-refractivity contribution < 1.29 is 0 Å². The van der Waals surface area contributed by atoms with Crippen LogP contribution in [0.2, 0.25) is 0 Å². The molecule has 0 aromatic carbocycles. The molecule has 1 atom stereocenters. The Morgan fingerprint density at radius 3 is 2.00 bits per heavy atom. The Bertz CT molecular complexity index is 26.3. The Hall–Kier alpha value is 0.170. The smallest absolute Gasteiger partial charge is 0.0404 e. The maximum atomic E-state index is 3.52. The van der Waals surface area contributed by atoms with Gasteiger partial charge in [0.1, 0.15) is 0 Å². The molecule has 0 heterocycles. The van der Waals surface area contributed by atoms with Crippen molar-refractivity contribution in [1.82, 2.24) is 0 Å². The van der Waals surface area contributed by atoms with Gasteiger partial charge in [0.25, 0.3) is 0 Å². The first-order valence-electron chi connectivity index (χ1n) is 1.14. The van der Waals surface area contributed by atoms with Crippen molar-refractivity contribution in [2.45, 2.75) is 6.92 Å². The van der Waals surface area contributed by atoms with Gasteiger partial charge >= 0.3 is 0 Å². The predicted molar refractivity (Wildman–Crippen MR) is 24.5 cm³/mol. The quantitative estimate of drug-likeness (QED) is 0.381. The Morgan fingerprint density at radius 1 is 2.00 bits per heavy atom. The summed E-state index contributed by atoms with van der Waals surface area (Å²) in [5.41, 5.74) is 0. The molecule has 4 heavy (non-hydrogen) atoms. The highest BCUT2D eigenvalue weighted by Crippen LogP contribution is 1.93. The van der Waals surface area contributed by atoms with E-state index < -0.39 is 0 Å². The first-order chi connectivity index (χ1) is 1.73. The summed E-state index contributed by atoms with van der Waals surface area (Å²) < 4.78 is 0. The molecule has 0 aromatic heterocycles. The molecule has 1 heteroatoms. The van der Waals surface area contributed by atoms with Crippen molar-refractivity contribution in [3.05, 3.63) is 11.9 Å². The van der Waals surface area contributed by atoms with Gasteiger partial charge in [-0.3, -0.25) is 0 Å². The zero-order valence-electron chi connectivity index (χ0n) is 2.78. The zero-order valence-corrected chi connectivity index (χ0v) is 3.94. The second-order valence-corrected chi connectivity index (χ2v) is 1.83. The summed E-state index contributed by atoms with van der Waals surface area (Å²) in [6.45, 7) is 5.45. The normalized spacial score (nSPS) is 6.50. The molecule has 0 saturated carbocycles. The lowest BCUT2D eigenvalue weighted by Crippen LogP contribution is -1.32. The van der Waals surface area contributed by atoms with Gasteiger partial charge in [-0.05, 0) is 6.92 Å². The lowest BCUT2D eigenvalue weighted by Gasteiger charge is -1.65. The molecule has 0 amide bonds. The Balaban J connectivity index is 2.80. The van der Waals surface area contributed by atoms with E-state index in [-0.39, 0.29) is 0 Å². The lowest BCUT2D eigenvalue weighted by atomic mass is 10.8. The molecular weight excluding hydrogens is 67.0 g/mol. The fourth-order valence-corrected chi connectivity index (χ4v) is 0. The summed E-state index contributed by atoms with van der Waals surface area (Å²) in [5, 5.41) is 1.08. The van der Waals surface area contributed by atoms with E-state index in [2.05, 4.69) is 15.8 Å². The first-order valence-corrected chi connectivity index (χ1v) is 1.72. The third-order valence-electron chi connectivity index (χ3n) is 0. The van der Waals surface area contributed by atoms with E-state index in [1.807, 2.05) is 6.92 Å². The molecule has 0 saturated heterocycles. The molecule has 0 bridgehead atoms. The first kappa shape index (κ1) is 4.17. The second-order valence-electron chi connectivity index (χ2n) is 0.846. The molecule has 0 N–H and O–H groups in total. The van der Waals surface area contributed by atoms with Crippen LogP contribution < -0.4 is 0 Å². The van der Waals surface area contributed by atoms with Crippen molar-refractivity contribution in [3.8, 4) is 0 Å². The second kappa shape index (κ2) is 1.49. The van der Waals surface area contributed by atoms with E-state index >= 15 is 0 Å². The summed E-state index contributed by atoms with van der Waals surface area (Å²) in [6.07, 6.45) is 0. The molecule has 0 rings (SSSR count). The highest BCUT2D eigenvalue weighted by atomic mass is 31.0. The molecule has 0 aliphatic carbocycles. The average molecular weight is 74.1 g/mol. The largest absolute Gasteiger partial charge is 0.111 e. The van der Waals surface area contributed by atoms with Gasteiger partial charge in [-0.1, -0.05) is 11.9 Å². The van der Waals surface area contributed by atoms with Crippen molar-refractivity contribution in [2.75, 3.05) is 0 Å². The van der Waals surface area contributed by atoms with E-state index in [9.17, 15) is 0 Å². The third-order valence-corrected chi connectivity index (χ3v) is 0. The molecule has 24 valence electrons. The zero-order chi connectivity index (χ0) is 3.58. The molecular formula is C3H7P. The number of allylic oxidation sites excluding steroid dienone is 1. The number of rotatable bonds is 0. The average Bonchev–Trinajstić information content (AvgIpc) is 0.811. The van der Waals surface area contributed by atoms with Crippen LogP contribution in [0.5, 0.6) is 0 Å². The van der Waals surface area contributed by atoms with Crippen LogP contribution in [0, 0.1) is 0 Å². The van der Waals surface area contributed by atoms with Gasteiger partial charge in [0.15, 0.2) is 0 Å². The Kier molecular flexibility index (Phi) is 1.55. The lowest BCUT2D eigenvalue weighted by molar-refractivity contribution is 1.74. The van der Waals surface area contributed by atoms with Gasteiger partial charge in [-0.15, -0.1) is 9.24 Å². The Morgan fingerprint density at radius 2 is 2.00 bits per heavy atom. The summed E-state index contributed by atoms with van der Waals surface area (Å²) in [7, 11) is 2.46. The van der Waals surface area contributed by atoms with Gasteiger partial charge in [0.2, 0.25) is 0 Å². The number of hydrogen-bond acceptors (Lipinski definition) is 0. The van der Waals surface area contributed by atoms with Crippen molar-refractivity contribution >= 4 is 9.24 Å². The van der Waals surface area contributed by atoms with Crippen LogP contribution in [-0.4, -0.2) is 0 Å². The molecule has 0 aliphatic rings. The minimum Gasteiger partial charge on any atom is -0.111 e. The monoisotopic (exact) mass is 74.0 g/mol. The van der Waals surface area contributed by atoms with Crippen LogP contribution in [0.4, 0.5) is 0 Å². The van der Waals surface area contributed by atoms with Gasteiger partial charge < -0.3 is 0 Å². The molecule has 0 radical (unpaired) electrons. The van der Waals surface area contributed by atoms with Gasteiger partial charge in [-0.2, -0.15) is 0 Å². The summed E-state index contributed by atoms with van der Waals surface area (Å²) in [5.74, 6) is 0. The topological polar surface area (TPSA) is 0 Å². The molecule has 0 fully saturated rings. The SMILES string of the molecule is C=C(C)P. The van der Waals surface area contributed by atoms with Crippen molar-refractivity contribution in [3.63, 3.8) is 0 Å². The highest BCUT2D eigenvalue weighted by Gasteiger charge is 1.51. The third kappa shape index (κ3) is 103. The maximum Gasteiger partial charge on any atom is -0.0404 e. The molecule has 0 aliphatic heterocycles. The van der Waals surface area contributed by atoms with Crippen LogP contribution in [-0.2, 0) is 0 Å². The van der Waals surface area contributed by atoms with Gasteiger partial charge in [0.05, 0.1) is 0 Å². The van der Waals surface area contributed by atoms with Crippen molar-refractivity contribution in [2.24, 2.45) is 0 Å². The van der Waals surface area contributed by atoms with Gasteiger partial charge in [-0.25, -0.2) is 0 Å².